The quantitative estimate of drug-likeness (QED) is 0.632. The minimum absolute atomic E-state index is 0.228. The Bertz CT molecular complexity index is 272. The standard InChI is InChI=1S/C10H16O6/c1-6(11)8(4-9(12)13)5-16-10(14)7(2)15-3/h7-8H,4-5H2,1-3H3,(H,12,13). The molecule has 0 aromatic heterocycles. The van der Waals surface area contributed by atoms with E-state index in [-0.39, 0.29) is 18.8 Å². The Morgan fingerprint density at radius 3 is 2.25 bits per heavy atom. The summed E-state index contributed by atoms with van der Waals surface area (Å²) >= 11 is 0. The van der Waals surface area contributed by atoms with Crippen molar-refractivity contribution in [3.63, 3.8) is 0 Å². The summed E-state index contributed by atoms with van der Waals surface area (Å²) in [6, 6.07) is 0. The van der Waals surface area contributed by atoms with Gasteiger partial charge >= 0.3 is 11.9 Å². The largest absolute Gasteiger partial charge is 0.481 e. The summed E-state index contributed by atoms with van der Waals surface area (Å²) in [5.41, 5.74) is 0. The van der Waals surface area contributed by atoms with Gasteiger partial charge in [0.25, 0.3) is 0 Å². The lowest BCUT2D eigenvalue weighted by Crippen LogP contribution is -2.28. The number of carboxylic acids is 1. The van der Waals surface area contributed by atoms with Crippen molar-refractivity contribution in [3.05, 3.63) is 0 Å². The van der Waals surface area contributed by atoms with Crippen molar-refractivity contribution >= 4 is 17.7 Å². The second-order valence-corrected chi connectivity index (χ2v) is 3.41. The van der Waals surface area contributed by atoms with Crippen LogP contribution in [0.3, 0.4) is 0 Å². The maximum absolute atomic E-state index is 11.2. The Labute approximate surface area is 93.5 Å². The molecule has 2 atom stereocenters. The fourth-order valence-corrected chi connectivity index (χ4v) is 0.927. The predicted octanol–water partition coefficient (Wildman–Crippen LogP) is 0.244. The maximum atomic E-state index is 11.2. The molecular weight excluding hydrogens is 216 g/mol. The van der Waals surface area contributed by atoms with Crippen LogP contribution in [0, 0.1) is 5.92 Å². The first kappa shape index (κ1) is 14.6. The normalized spacial score (nSPS) is 13.9. The Morgan fingerprint density at radius 2 is 1.88 bits per heavy atom. The monoisotopic (exact) mass is 232 g/mol. The zero-order valence-corrected chi connectivity index (χ0v) is 9.56. The molecule has 0 aromatic rings. The molecule has 6 heteroatoms. The molecule has 0 saturated carbocycles. The van der Waals surface area contributed by atoms with Gasteiger partial charge in [0, 0.05) is 7.11 Å². The SMILES string of the molecule is COC(C)C(=O)OCC(CC(=O)O)C(C)=O. The molecule has 6 nitrogen and oxygen atoms in total. The van der Waals surface area contributed by atoms with Gasteiger partial charge in [0.05, 0.1) is 12.3 Å². The van der Waals surface area contributed by atoms with E-state index < -0.39 is 24.0 Å². The van der Waals surface area contributed by atoms with Gasteiger partial charge in [0.1, 0.15) is 12.4 Å². The highest BCUT2D eigenvalue weighted by Crippen LogP contribution is 2.06. The first-order chi connectivity index (χ1) is 7.38. The molecule has 92 valence electrons. The second kappa shape index (κ2) is 6.95. The van der Waals surface area contributed by atoms with E-state index in [1.165, 1.54) is 21.0 Å². The van der Waals surface area contributed by atoms with E-state index in [0.29, 0.717) is 0 Å². The smallest absolute Gasteiger partial charge is 0.334 e. The molecule has 0 aliphatic rings. The maximum Gasteiger partial charge on any atom is 0.334 e. The summed E-state index contributed by atoms with van der Waals surface area (Å²) in [7, 11) is 1.35. The molecule has 16 heavy (non-hydrogen) atoms. The molecule has 0 fully saturated rings. The van der Waals surface area contributed by atoms with Crippen molar-refractivity contribution in [1.82, 2.24) is 0 Å². The highest BCUT2D eigenvalue weighted by molar-refractivity contribution is 5.83. The molecule has 0 amide bonds. The van der Waals surface area contributed by atoms with Crippen molar-refractivity contribution in [2.75, 3.05) is 13.7 Å². The molecule has 0 rings (SSSR count). The third-order valence-electron chi connectivity index (χ3n) is 2.11. The van der Waals surface area contributed by atoms with Gasteiger partial charge < -0.3 is 14.6 Å². The van der Waals surface area contributed by atoms with Gasteiger partial charge in [-0.3, -0.25) is 9.59 Å². The lowest BCUT2D eigenvalue weighted by Gasteiger charge is -2.14. The van der Waals surface area contributed by atoms with Crippen LogP contribution < -0.4 is 0 Å². The van der Waals surface area contributed by atoms with Crippen LogP contribution in [-0.4, -0.2) is 42.6 Å². The number of rotatable bonds is 7. The fourth-order valence-electron chi connectivity index (χ4n) is 0.927. The number of ether oxygens (including phenoxy) is 2. The summed E-state index contributed by atoms with van der Waals surface area (Å²) in [6.45, 7) is 2.54. The van der Waals surface area contributed by atoms with E-state index in [2.05, 4.69) is 0 Å². The van der Waals surface area contributed by atoms with E-state index in [0.717, 1.165) is 0 Å². The number of carbonyl (C=O) groups excluding carboxylic acids is 2. The first-order valence-corrected chi connectivity index (χ1v) is 4.80. The highest BCUT2D eigenvalue weighted by Gasteiger charge is 2.21. The van der Waals surface area contributed by atoms with Gasteiger partial charge in [-0.05, 0) is 13.8 Å². The molecule has 0 saturated heterocycles. The lowest BCUT2D eigenvalue weighted by atomic mass is 10.0. The lowest BCUT2D eigenvalue weighted by molar-refractivity contribution is -0.157. The third kappa shape index (κ3) is 5.45. The number of methoxy groups -OCH3 is 1. The predicted molar refractivity (Wildman–Crippen MR) is 53.9 cm³/mol. The van der Waals surface area contributed by atoms with Crippen molar-refractivity contribution in [1.29, 1.82) is 0 Å². The van der Waals surface area contributed by atoms with Crippen molar-refractivity contribution < 1.29 is 29.0 Å². The number of aliphatic carboxylic acids is 1. The Kier molecular flexibility index (Phi) is 6.32. The zero-order chi connectivity index (χ0) is 12.7. The van der Waals surface area contributed by atoms with Gasteiger partial charge in [0.2, 0.25) is 0 Å². The first-order valence-electron chi connectivity index (χ1n) is 4.80. The van der Waals surface area contributed by atoms with E-state index in [1.807, 2.05) is 0 Å². The molecule has 0 bridgehead atoms. The summed E-state index contributed by atoms with van der Waals surface area (Å²) in [5.74, 6) is -2.83. The molecule has 0 aliphatic heterocycles. The summed E-state index contributed by atoms with van der Waals surface area (Å²) in [5, 5.41) is 8.54. The highest BCUT2D eigenvalue weighted by atomic mass is 16.6. The molecule has 0 aromatic carbocycles. The molecule has 0 radical (unpaired) electrons. The summed E-state index contributed by atoms with van der Waals surface area (Å²) in [6.07, 6.45) is -1.07. The molecule has 0 spiro atoms. The minimum atomic E-state index is -1.10. The van der Waals surface area contributed by atoms with Gasteiger partial charge in [0.15, 0.2) is 6.10 Å². The number of Topliss-reactive ketones (excluding diaryl/α,β-unsaturated/α-hetero) is 1. The van der Waals surface area contributed by atoms with Gasteiger partial charge in [-0.1, -0.05) is 0 Å². The molecule has 2 unspecified atom stereocenters. The number of hydrogen-bond acceptors (Lipinski definition) is 5. The van der Waals surface area contributed by atoms with Gasteiger partial charge in [-0.15, -0.1) is 0 Å². The van der Waals surface area contributed by atoms with E-state index >= 15 is 0 Å². The van der Waals surface area contributed by atoms with Crippen LogP contribution in [0.4, 0.5) is 0 Å². The molecule has 1 N–H and O–H groups in total. The van der Waals surface area contributed by atoms with Crippen LogP contribution in [0.2, 0.25) is 0 Å². The Morgan fingerprint density at radius 1 is 1.31 bits per heavy atom. The number of carboxylic acid groups (broad SMARTS) is 1. The number of ketones is 1. The van der Waals surface area contributed by atoms with E-state index in [4.69, 9.17) is 14.6 Å². The summed E-state index contributed by atoms with van der Waals surface area (Å²) < 4.78 is 9.48. The van der Waals surface area contributed by atoms with Crippen LogP contribution in [0.5, 0.6) is 0 Å². The molecule has 0 heterocycles. The second-order valence-electron chi connectivity index (χ2n) is 3.41. The fraction of sp³-hybridized carbons (Fsp3) is 0.700. The van der Waals surface area contributed by atoms with Crippen molar-refractivity contribution in [3.8, 4) is 0 Å². The zero-order valence-electron chi connectivity index (χ0n) is 9.56. The summed E-state index contributed by atoms with van der Waals surface area (Å²) in [4.78, 5) is 32.7. The van der Waals surface area contributed by atoms with Gasteiger partial charge in [-0.2, -0.15) is 0 Å². The van der Waals surface area contributed by atoms with Crippen LogP contribution in [0.15, 0.2) is 0 Å². The number of carbonyl (C=O) groups is 3. The average molecular weight is 232 g/mol. The third-order valence-corrected chi connectivity index (χ3v) is 2.11. The number of hydrogen-bond donors (Lipinski definition) is 1. The molecular formula is C10H16O6. The Balaban J connectivity index is 4.17. The molecule has 0 aliphatic carbocycles. The number of esters is 1. The van der Waals surface area contributed by atoms with Crippen LogP contribution in [0.25, 0.3) is 0 Å². The average Bonchev–Trinajstić information content (AvgIpc) is 2.21. The van der Waals surface area contributed by atoms with Crippen molar-refractivity contribution in [2.24, 2.45) is 5.92 Å². The van der Waals surface area contributed by atoms with Crippen molar-refractivity contribution in [2.45, 2.75) is 26.4 Å². The van der Waals surface area contributed by atoms with Gasteiger partial charge in [-0.25, -0.2) is 4.79 Å². The van der Waals surface area contributed by atoms with E-state index in [1.54, 1.807) is 0 Å². The van der Waals surface area contributed by atoms with E-state index in [9.17, 15) is 14.4 Å². The van der Waals surface area contributed by atoms with Crippen LogP contribution in [0.1, 0.15) is 20.3 Å². The minimum Gasteiger partial charge on any atom is -0.481 e. The van der Waals surface area contributed by atoms with Crippen LogP contribution >= 0.6 is 0 Å². The Hall–Kier alpha value is -1.43. The van der Waals surface area contributed by atoms with Crippen LogP contribution in [-0.2, 0) is 23.9 Å². The topological polar surface area (TPSA) is 89.9 Å².